The molecule has 0 aliphatic heterocycles. The van der Waals surface area contributed by atoms with Crippen LogP contribution >= 0.6 is 11.3 Å². The molecule has 132 valence electrons. The van der Waals surface area contributed by atoms with Crippen LogP contribution in [0.15, 0.2) is 18.2 Å². The fraction of sp³-hybridized carbons (Fsp3) is 0.412. The maximum Gasteiger partial charge on any atom is 0.234 e. The van der Waals surface area contributed by atoms with Gasteiger partial charge in [-0.3, -0.25) is 4.79 Å². The summed E-state index contributed by atoms with van der Waals surface area (Å²) in [6, 6.07) is 5.64. The highest BCUT2D eigenvalue weighted by atomic mass is 32.1. The Morgan fingerprint density at radius 2 is 2.16 bits per heavy atom. The fourth-order valence-electron chi connectivity index (χ4n) is 2.51. The Morgan fingerprint density at radius 3 is 2.84 bits per heavy atom. The van der Waals surface area contributed by atoms with Crippen LogP contribution in [-0.2, 0) is 11.2 Å². The molecule has 0 aliphatic rings. The molecule has 25 heavy (non-hydrogen) atoms. The lowest BCUT2D eigenvalue weighted by atomic mass is 10.1. The number of hydrogen-bond acceptors (Lipinski definition) is 6. The molecule has 1 N–H and O–H groups in total. The maximum absolute atomic E-state index is 12.1. The predicted octanol–water partition coefficient (Wildman–Crippen LogP) is 3.41. The molecule has 3 aromatic rings. The largest absolute Gasteiger partial charge is 0.495 e. The van der Waals surface area contributed by atoms with Crippen molar-refractivity contribution < 1.29 is 9.53 Å². The van der Waals surface area contributed by atoms with Crippen molar-refractivity contribution in [3.63, 3.8) is 0 Å². The number of methoxy groups -OCH3 is 1. The van der Waals surface area contributed by atoms with Crippen LogP contribution < -0.4 is 10.1 Å². The molecule has 0 bridgehead atoms. The van der Waals surface area contributed by atoms with Crippen molar-refractivity contribution in [3.8, 4) is 16.3 Å². The van der Waals surface area contributed by atoms with E-state index in [2.05, 4.69) is 20.6 Å². The molecule has 0 radical (unpaired) electrons. The van der Waals surface area contributed by atoms with E-state index in [-0.39, 0.29) is 5.91 Å². The Kier molecular flexibility index (Phi) is 4.98. The Hall–Kier alpha value is -2.48. The van der Waals surface area contributed by atoms with Crippen LogP contribution in [0, 0.1) is 5.92 Å². The van der Waals surface area contributed by atoms with E-state index >= 15 is 0 Å². The van der Waals surface area contributed by atoms with Crippen molar-refractivity contribution in [3.05, 3.63) is 24.0 Å². The van der Waals surface area contributed by atoms with Crippen LogP contribution in [0.25, 0.3) is 15.5 Å². The van der Waals surface area contributed by atoms with Crippen molar-refractivity contribution >= 4 is 27.9 Å². The number of aromatic nitrogens is 4. The molecule has 8 heteroatoms. The van der Waals surface area contributed by atoms with Crippen molar-refractivity contribution in [2.45, 2.75) is 33.6 Å². The Labute approximate surface area is 150 Å². The fourth-order valence-corrected chi connectivity index (χ4v) is 3.36. The molecule has 7 nitrogen and oxygen atoms in total. The van der Waals surface area contributed by atoms with Gasteiger partial charge in [0.1, 0.15) is 10.8 Å². The average molecular weight is 359 g/mol. The van der Waals surface area contributed by atoms with Crippen LogP contribution in [0.5, 0.6) is 5.75 Å². The van der Waals surface area contributed by atoms with E-state index in [0.717, 1.165) is 27.8 Å². The number of carbonyl (C=O) groups is 1. The molecule has 0 saturated heterocycles. The van der Waals surface area contributed by atoms with E-state index in [9.17, 15) is 4.79 Å². The third kappa shape index (κ3) is 3.63. The first-order valence-electron chi connectivity index (χ1n) is 8.21. The van der Waals surface area contributed by atoms with Gasteiger partial charge in [0.15, 0.2) is 5.82 Å². The molecule has 1 aromatic carbocycles. The number of rotatable bonds is 6. The zero-order valence-corrected chi connectivity index (χ0v) is 15.6. The number of anilines is 1. The number of ether oxygens (including phenoxy) is 1. The number of benzene rings is 1. The van der Waals surface area contributed by atoms with Gasteiger partial charge in [0.05, 0.1) is 12.8 Å². The Morgan fingerprint density at radius 1 is 1.36 bits per heavy atom. The minimum atomic E-state index is -0.0307. The summed E-state index contributed by atoms with van der Waals surface area (Å²) in [5.41, 5.74) is 1.55. The zero-order valence-electron chi connectivity index (χ0n) is 14.7. The minimum absolute atomic E-state index is 0.0307. The molecule has 3 rings (SSSR count). The van der Waals surface area contributed by atoms with E-state index in [4.69, 9.17) is 4.74 Å². The highest BCUT2D eigenvalue weighted by Gasteiger charge is 2.15. The van der Waals surface area contributed by atoms with E-state index in [0.29, 0.717) is 23.8 Å². The molecule has 0 atom stereocenters. The lowest BCUT2D eigenvalue weighted by Crippen LogP contribution is -2.14. The molecule has 0 fully saturated rings. The lowest BCUT2D eigenvalue weighted by molar-refractivity contribution is -0.116. The normalized spacial score (nSPS) is 11.2. The average Bonchev–Trinajstić information content (AvgIpc) is 3.14. The van der Waals surface area contributed by atoms with Gasteiger partial charge in [-0.25, -0.2) is 0 Å². The first-order valence-corrected chi connectivity index (χ1v) is 9.02. The zero-order chi connectivity index (χ0) is 18.0. The summed E-state index contributed by atoms with van der Waals surface area (Å²) in [4.78, 5) is 12.9. The van der Waals surface area contributed by atoms with Crippen LogP contribution in [0.1, 0.15) is 33.0 Å². The molecule has 2 heterocycles. The van der Waals surface area contributed by atoms with Crippen LogP contribution in [0.3, 0.4) is 0 Å². The van der Waals surface area contributed by atoms with Gasteiger partial charge >= 0.3 is 0 Å². The van der Waals surface area contributed by atoms with Gasteiger partial charge in [-0.1, -0.05) is 32.1 Å². The Bertz CT molecular complexity index is 900. The summed E-state index contributed by atoms with van der Waals surface area (Å²) in [5, 5.41) is 16.6. The number of nitrogens with zero attached hydrogens (tertiary/aromatic N) is 4. The van der Waals surface area contributed by atoms with Gasteiger partial charge in [0.25, 0.3) is 0 Å². The van der Waals surface area contributed by atoms with Crippen molar-refractivity contribution in [1.29, 1.82) is 0 Å². The third-order valence-corrected chi connectivity index (χ3v) is 4.63. The minimum Gasteiger partial charge on any atom is -0.495 e. The number of amides is 1. The molecule has 0 spiro atoms. The summed E-state index contributed by atoms with van der Waals surface area (Å²) in [6.07, 6.45) is 1.23. The van der Waals surface area contributed by atoms with Gasteiger partial charge in [-0.15, -0.1) is 10.2 Å². The number of hydrogen-bond donors (Lipinski definition) is 1. The lowest BCUT2D eigenvalue weighted by Gasteiger charge is -2.12. The Balaban J connectivity index is 1.94. The number of nitrogens with one attached hydrogen (secondary N) is 1. The first-order chi connectivity index (χ1) is 12.0. The van der Waals surface area contributed by atoms with Crippen molar-refractivity contribution in [1.82, 2.24) is 19.8 Å². The molecule has 0 saturated carbocycles. The van der Waals surface area contributed by atoms with Gasteiger partial charge in [0.2, 0.25) is 10.9 Å². The molecule has 0 unspecified atom stereocenters. The second kappa shape index (κ2) is 7.18. The van der Waals surface area contributed by atoms with Crippen LogP contribution in [0.2, 0.25) is 0 Å². The second-order valence-corrected chi connectivity index (χ2v) is 7.09. The first kappa shape index (κ1) is 17.3. The highest BCUT2D eigenvalue weighted by Crippen LogP contribution is 2.33. The SMILES string of the molecule is CCc1nnc2sc(-c3ccc(OC)c(NC(=O)CC(C)C)c3)nn12. The highest BCUT2D eigenvalue weighted by molar-refractivity contribution is 7.19. The molecule has 0 aliphatic carbocycles. The van der Waals surface area contributed by atoms with E-state index in [1.54, 1.807) is 11.6 Å². The quantitative estimate of drug-likeness (QED) is 0.729. The van der Waals surface area contributed by atoms with Gasteiger partial charge in [0, 0.05) is 18.4 Å². The van der Waals surface area contributed by atoms with E-state index in [1.165, 1.54) is 11.3 Å². The third-order valence-electron chi connectivity index (χ3n) is 3.69. The topological polar surface area (TPSA) is 81.4 Å². The molecular formula is C17H21N5O2S. The van der Waals surface area contributed by atoms with Crippen molar-refractivity contribution in [2.75, 3.05) is 12.4 Å². The summed E-state index contributed by atoms with van der Waals surface area (Å²) in [6.45, 7) is 6.04. The van der Waals surface area contributed by atoms with E-state index in [1.807, 2.05) is 39.0 Å². The summed E-state index contributed by atoms with van der Waals surface area (Å²) in [7, 11) is 1.59. The number of carbonyl (C=O) groups excluding carboxylic acids is 1. The standard InChI is InChI=1S/C17H21N5O2S/c1-5-14-19-20-17-22(14)21-16(25-17)11-6-7-13(24-4)12(9-11)18-15(23)8-10(2)3/h6-7,9-10H,5,8H2,1-4H3,(H,18,23). The van der Waals surface area contributed by atoms with Gasteiger partial charge in [-0.05, 0) is 24.1 Å². The van der Waals surface area contributed by atoms with Crippen molar-refractivity contribution in [2.24, 2.45) is 5.92 Å². The monoisotopic (exact) mass is 359 g/mol. The summed E-state index contributed by atoms with van der Waals surface area (Å²) >= 11 is 1.46. The molecule has 2 aromatic heterocycles. The summed E-state index contributed by atoms with van der Waals surface area (Å²) < 4.78 is 7.13. The van der Waals surface area contributed by atoms with Gasteiger partial charge < -0.3 is 10.1 Å². The van der Waals surface area contributed by atoms with Crippen LogP contribution in [-0.4, -0.2) is 32.8 Å². The predicted molar refractivity (Wildman–Crippen MR) is 98.1 cm³/mol. The van der Waals surface area contributed by atoms with Gasteiger partial charge in [-0.2, -0.15) is 9.61 Å². The maximum atomic E-state index is 12.1. The smallest absolute Gasteiger partial charge is 0.234 e. The second-order valence-electron chi connectivity index (χ2n) is 6.13. The number of fused-ring (bicyclic) bond motifs is 1. The van der Waals surface area contributed by atoms with E-state index < -0.39 is 0 Å². The molecular weight excluding hydrogens is 338 g/mol. The van der Waals surface area contributed by atoms with Crippen LogP contribution in [0.4, 0.5) is 5.69 Å². The molecule has 1 amide bonds. The summed E-state index contributed by atoms with van der Waals surface area (Å²) in [5.74, 6) is 1.72. The number of aryl methyl sites for hydroxylation is 1.